The van der Waals surface area contributed by atoms with Crippen LogP contribution in [0.25, 0.3) is 11.1 Å². The fraction of sp³-hybridized carbons (Fsp3) is 0.270. The number of aromatic nitrogens is 1. The zero-order chi connectivity index (χ0) is 37.2. The van der Waals surface area contributed by atoms with Crippen molar-refractivity contribution in [3.63, 3.8) is 0 Å². The van der Waals surface area contributed by atoms with Crippen LogP contribution in [0.2, 0.25) is 0 Å². The zero-order valence-electron chi connectivity index (χ0n) is 28.3. The van der Waals surface area contributed by atoms with Crippen molar-refractivity contribution in [2.45, 2.75) is 25.4 Å². The molecule has 268 valence electrons. The molecule has 4 aromatic rings. The highest BCUT2D eigenvalue weighted by Gasteiger charge is 2.44. The third-order valence-electron chi connectivity index (χ3n) is 7.63. The normalized spacial score (nSPS) is 12.3. The predicted octanol–water partition coefficient (Wildman–Crippen LogP) is 6.77. The Labute approximate surface area is 292 Å². The van der Waals surface area contributed by atoms with Gasteiger partial charge in [-0.15, -0.1) is 0 Å². The number of halogens is 3. The first-order valence-electron chi connectivity index (χ1n) is 15.8. The number of ether oxygens (including phenoxy) is 4. The van der Waals surface area contributed by atoms with E-state index in [0.717, 1.165) is 24.4 Å². The van der Waals surface area contributed by atoms with Gasteiger partial charge >= 0.3 is 18.3 Å². The predicted molar refractivity (Wildman–Crippen MR) is 180 cm³/mol. The number of carbonyl (C=O) groups is 4. The van der Waals surface area contributed by atoms with Crippen molar-refractivity contribution in [3.05, 3.63) is 113 Å². The largest absolute Gasteiger partial charge is 0.515 e. The molecule has 2 amide bonds. The highest BCUT2D eigenvalue weighted by atomic mass is 19.4. The van der Waals surface area contributed by atoms with E-state index in [1.165, 1.54) is 37.2 Å². The van der Waals surface area contributed by atoms with Gasteiger partial charge in [0, 0.05) is 32.3 Å². The Morgan fingerprint density at radius 2 is 1.45 bits per heavy atom. The van der Waals surface area contributed by atoms with Gasteiger partial charge < -0.3 is 29.2 Å². The number of hydrogen-bond acceptors (Lipinski definition) is 9. The maximum Gasteiger partial charge on any atom is 0.515 e. The van der Waals surface area contributed by atoms with E-state index in [9.17, 15) is 32.3 Å². The van der Waals surface area contributed by atoms with Crippen LogP contribution in [0.15, 0.2) is 91.1 Å². The van der Waals surface area contributed by atoms with E-state index in [1.54, 1.807) is 62.4 Å². The van der Waals surface area contributed by atoms with E-state index < -0.39 is 47.7 Å². The van der Waals surface area contributed by atoms with Gasteiger partial charge in [0.15, 0.2) is 5.41 Å². The minimum absolute atomic E-state index is 0.0382. The monoisotopic (exact) mass is 707 g/mol. The molecule has 51 heavy (non-hydrogen) atoms. The van der Waals surface area contributed by atoms with Gasteiger partial charge in [0.2, 0.25) is 5.88 Å². The molecule has 3 aromatic carbocycles. The molecule has 0 saturated heterocycles. The SMILES string of the molecule is CCOCC(COC(=O)Oc1cc(C(=O)N(C)C)c(NC(=O)c2ccccc2-c2ccc(C(F)(F)F)cc2)cn1)(C(=O)OCC)c1ccccc1. The highest BCUT2D eigenvalue weighted by Crippen LogP contribution is 2.33. The third kappa shape index (κ3) is 9.28. The lowest BCUT2D eigenvalue weighted by molar-refractivity contribution is -0.155. The van der Waals surface area contributed by atoms with E-state index in [-0.39, 0.29) is 42.5 Å². The van der Waals surface area contributed by atoms with Crippen molar-refractivity contribution in [1.29, 1.82) is 0 Å². The summed E-state index contributed by atoms with van der Waals surface area (Å²) in [4.78, 5) is 58.2. The Balaban J connectivity index is 1.58. The molecule has 0 aliphatic rings. The van der Waals surface area contributed by atoms with E-state index in [2.05, 4.69) is 10.3 Å². The molecule has 14 heteroatoms. The molecule has 0 fully saturated rings. The fourth-order valence-corrected chi connectivity index (χ4v) is 5.01. The second-order valence-electron chi connectivity index (χ2n) is 11.3. The second-order valence-corrected chi connectivity index (χ2v) is 11.3. The minimum Gasteiger partial charge on any atom is -0.465 e. The summed E-state index contributed by atoms with van der Waals surface area (Å²) in [6, 6.07) is 20.3. The Morgan fingerprint density at radius 3 is 2.08 bits per heavy atom. The molecule has 0 aliphatic heterocycles. The van der Waals surface area contributed by atoms with Gasteiger partial charge in [-0.05, 0) is 48.7 Å². The smallest absolute Gasteiger partial charge is 0.465 e. The summed E-state index contributed by atoms with van der Waals surface area (Å²) < 4.78 is 61.0. The molecule has 1 atom stereocenters. The van der Waals surface area contributed by atoms with Gasteiger partial charge in [-0.2, -0.15) is 13.2 Å². The molecule has 0 aliphatic carbocycles. The lowest BCUT2D eigenvalue weighted by Crippen LogP contribution is -2.46. The van der Waals surface area contributed by atoms with Crippen molar-refractivity contribution in [2.24, 2.45) is 0 Å². The number of amides is 2. The number of hydrogen-bond donors (Lipinski definition) is 1. The van der Waals surface area contributed by atoms with Crippen LogP contribution in [-0.2, 0) is 30.6 Å². The number of pyridine rings is 1. The number of anilines is 1. The molecule has 0 saturated carbocycles. The van der Waals surface area contributed by atoms with Crippen LogP contribution in [0.5, 0.6) is 5.88 Å². The third-order valence-corrected chi connectivity index (χ3v) is 7.63. The number of nitrogens with zero attached hydrogens (tertiary/aromatic N) is 2. The average molecular weight is 708 g/mol. The minimum atomic E-state index is -4.52. The molecule has 4 rings (SSSR count). The van der Waals surface area contributed by atoms with Crippen LogP contribution in [0.3, 0.4) is 0 Å². The van der Waals surface area contributed by atoms with Crippen LogP contribution in [0, 0.1) is 0 Å². The Morgan fingerprint density at radius 1 is 0.784 bits per heavy atom. The summed E-state index contributed by atoms with van der Waals surface area (Å²) in [5, 5.41) is 2.63. The molecule has 1 N–H and O–H groups in total. The first-order valence-corrected chi connectivity index (χ1v) is 15.8. The summed E-state index contributed by atoms with van der Waals surface area (Å²) in [7, 11) is 2.94. The number of alkyl halides is 3. The summed E-state index contributed by atoms with van der Waals surface area (Å²) in [5.74, 6) is -2.28. The number of benzene rings is 3. The van der Waals surface area contributed by atoms with Crippen molar-refractivity contribution < 1.29 is 51.3 Å². The van der Waals surface area contributed by atoms with Crippen molar-refractivity contribution >= 4 is 29.6 Å². The summed E-state index contributed by atoms with van der Waals surface area (Å²) in [6.45, 7) is 3.07. The Kier molecular flexibility index (Phi) is 12.5. The van der Waals surface area contributed by atoms with Crippen molar-refractivity contribution in [1.82, 2.24) is 9.88 Å². The quantitative estimate of drug-likeness (QED) is 0.149. The Hall–Kier alpha value is -5.76. The Bertz CT molecular complexity index is 1850. The lowest BCUT2D eigenvalue weighted by Gasteiger charge is -2.30. The maximum absolute atomic E-state index is 13.5. The number of rotatable bonds is 13. The summed E-state index contributed by atoms with van der Waals surface area (Å²) in [5.41, 5.74) is -1.18. The van der Waals surface area contributed by atoms with Gasteiger partial charge in [-0.3, -0.25) is 14.4 Å². The van der Waals surface area contributed by atoms with Crippen LogP contribution in [0.4, 0.5) is 23.7 Å². The van der Waals surface area contributed by atoms with E-state index >= 15 is 0 Å². The molecule has 11 nitrogen and oxygen atoms in total. The molecular formula is C37H36F3N3O8. The van der Waals surface area contributed by atoms with Crippen LogP contribution < -0.4 is 10.1 Å². The van der Waals surface area contributed by atoms with Gasteiger partial charge in [-0.25, -0.2) is 9.78 Å². The number of carbonyl (C=O) groups excluding carboxylic acids is 4. The summed E-state index contributed by atoms with van der Waals surface area (Å²) in [6.07, 6.45) is -4.65. The summed E-state index contributed by atoms with van der Waals surface area (Å²) >= 11 is 0. The van der Waals surface area contributed by atoms with Crippen LogP contribution in [-0.4, -0.2) is 74.3 Å². The van der Waals surface area contributed by atoms with Crippen molar-refractivity contribution in [3.8, 4) is 17.0 Å². The molecule has 1 aromatic heterocycles. The van der Waals surface area contributed by atoms with E-state index in [4.69, 9.17) is 18.9 Å². The first kappa shape index (κ1) is 38.0. The molecule has 1 heterocycles. The van der Waals surface area contributed by atoms with Gasteiger partial charge in [0.25, 0.3) is 11.8 Å². The molecule has 0 bridgehead atoms. The van der Waals surface area contributed by atoms with E-state index in [1.807, 2.05) is 0 Å². The maximum atomic E-state index is 13.5. The lowest BCUT2D eigenvalue weighted by atomic mass is 9.82. The fourth-order valence-electron chi connectivity index (χ4n) is 5.01. The highest BCUT2D eigenvalue weighted by molar-refractivity contribution is 6.11. The van der Waals surface area contributed by atoms with Gasteiger partial charge in [0.05, 0.1) is 36.2 Å². The van der Waals surface area contributed by atoms with Gasteiger partial charge in [0.1, 0.15) is 6.61 Å². The molecular weight excluding hydrogens is 671 g/mol. The number of nitrogens with one attached hydrogen (secondary N) is 1. The zero-order valence-corrected chi connectivity index (χ0v) is 28.3. The average Bonchev–Trinajstić information content (AvgIpc) is 3.12. The molecule has 0 spiro atoms. The van der Waals surface area contributed by atoms with Gasteiger partial charge in [-0.1, -0.05) is 60.7 Å². The second kappa shape index (κ2) is 16.8. The molecule has 1 unspecified atom stereocenters. The van der Waals surface area contributed by atoms with Crippen LogP contribution >= 0.6 is 0 Å². The van der Waals surface area contributed by atoms with Crippen molar-refractivity contribution in [2.75, 3.05) is 45.8 Å². The topological polar surface area (TPSA) is 133 Å². The number of esters is 1. The standard InChI is InChI=1S/C37H36F3N3O8/c1-5-48-22-36(34(46)49-6-2,25-12-8-7-9-13-25)23-50-35(47)51-31-20-29(33(45)43(3)4)30(21-41-31)42-32(44)28-15-11-10-14-27(28)24-16-18-26(19-17-24)37(38,39)40/h7-21H,5-6,22-23H2,1-4H3,(H,42,44). The van der Waals surface area contributed by atoms with Crippen LogP contribution in [0.1, 0.15) is 45.7 Å². The molecule has 0 radical (unpaired) electrons. The first-order chi connectivity index (χ1) is 24.3. The van der Waals surface area contributed by atoms with E-state index in [0.29, 0.717) is 16.7 Å².